The van der Waals surface area contributed by atoms with Crippen molar-refractivity contribution in [3.8, 4) is 5.75 Å². The standard InChI is InChI=1S/C15H26N4O2.ClH/c1-11-15(12(2)18(4)17-11)21-10-14(20)19-7-5-6-13(9-19)8-16-3;/h13,16H,5-10H2,1-4H3;1H. The van der Waals surface area contributed by atoms with Crippen LogP contribution in [-0.2, 0) is 11.8 Å². The number of hydrogen-bond acceptors (Lipinski definition) is 4. The SMILES string of the molecule is CNCC1CCCN(C(=O)COc2c(C)nn(C)c2C)C1.Cl. The molecule has 7 heteroatoms. The number of nitrogens with zero attached hydrogens (tertiary/aromatic N) is 3. The van der Waals surface area contributed by atoms with E-state index in [-0.39, 0.29) is 24.9 Å². The molecule has 1 aliphatic rings. The molecule has 1 aromatic rings. The first kappa shape index (κ1) is 18.8. The number of carbonyl (C=O) groups is 1. The molecule has 126 valence electrons. The number of aryl methyl sites for hydroxylation is 2. The minimum Gasteiger partial charge on any atom is -0.480 e. The van der Waals surface area contributed by atoms with Crippen LogP contribution in [0.2, 0.25) is 0 Å². The molecule has 1 saturated heterocycles. The molecule has 6 nitrogen and oxygen atoms in total. The molecule has 1 amide bonds. The maximum Gasteiger partial charge on any atom is 0.260 e. The molecule has 0 radical (unpaired) electrons. The van der Waals surface area contributed by atoms with Crippen LogP contribution < -0.4 is 10.1 Å². The Hall–Kier alpha value is -1.27. The fraction of sp³-hybridized carbons (Fsp3) is 0.733. The van der Waals surface area contributed by atoms with Gasteiger partial charge in [-0.25, -0.2) is 0 Å². The fourth-order valence-electron chi connectivity index (χ4n) is 2.94. The zero-order valence-corrected chi connectivity index (χ0v) is 14.7. The van der Waals surface area contributed by atoms with Gasteiger partial charge in [0.25, 0.3) is 5.91 Å². The molecule has 22 heavy (non-hydrogen) atoms. The van der Waals surface area contributed by atoms with Gasteiger partial charge in [0, 0.05) is 20.1 Å². The van der Waals surface area contributed by atoms with Gasteiger partial charge < -0.3 is 15.0 Å². The largest absolute Gasteiger partial charge is 0.480 e. The van der Waals surface area contributed by atoms with Crippen LogP contribution in [-0.4, -0.2) is 53.9 Å². The van der Waals surface area contributed by atoms with E-state index in [0.717, 1.165) is 43.2 Å². The second-order valence-electron chi connectivity index (χ2n) is 5.82. The van der Waals surface area contributed by atoms with Crippen molar-refractivity contribution in [3.05, 3.63) is 11.4 Å². The highest BCUT2D eigenvalue weighted by atomic mass is 35.5. The first-order chi connectivity index (χ1) is 10.0. The molecule has 2 heterocycles. The van der Waals surface area contributed by atoms with Gasteiger partial charge in [0.2, 0.25) is 0 Å². The Morgan fingerprint density at radius 3 is 2.77 bits per heavy atom. The Balaban J connectivity index is 0.00000242. The summed E-state index contributed by atoms with van der Waals surface area (Å²) in [7, 11) is 3.84. The molecule has 1 N–H and O–H groups in total. The van der Waals surface area contributed by atoms with E-state index in [2.05, 4.69) is 10.4 Å². The Morgan fingerprint density at radius 1 is 1.45 bits per heavy atom. The summed E-state index contributed by atoms with van der Waals surface area (Å²) in [5.74, 6) is 1.35. The predicted octanol–water partition coefficient (Wildman–Crippen LogP) is 1.30. The third-order valence-electron chi connectivity index (χ3n) is 4.15. The molecule has 0 bridgehead atoms. The summed E-state index contributed by atoms with van der Waals surface area (Å²) in [6.45, 7) is 6.58. The monoisotopic (exact) mass is 330 g/mol. The van der Waals surface area contributed by atoms with Gasteiger partial charge in [-0.2, -0.15) is 5.10 Å². The van der Waals surface area contributed by atoms with Gasteiger partial charge in [-0.1, -0.05) is 0 Å². The Kier molecular flexibility index (Phi) is 7.16. The van der Waals surface area contributed by atoms with Crippen LogP contribution in [0.3, 0.4) is 0 Å². The number of amides is 1. The zero-order chi connectivity index (χ0) is 15.4. The van der Waals surface area contributed by atoms with Crippen LogP contribution in [0.25, 0.3) is 0 Å². The number of nitrogens with one attached hydrogen (secondary N) is 1. The zero-order valence-electron chi connectivity index (χ0n) is 13.9. The lowest BCUT2D eigenvalue weighted by Gasteiger charge is -2.32. The number of hydrogen-bond donors (Lipinski definition) is 1. The molecule has 1 unspecified atom stereocenters. The molecular weight excluding hydrogens is 304 g/mol. The van der Waals surface area contributed by atoms with Crippen molar-refractivity contribution in [2.24, 2.45) is 13.0 Å². The minimum atomic E-state index is 0. The van der Waals surface area contributed by atoms with Crippen LogP contribution in [0.1, 0.15) is 24.2 Å². The minimum absolute atomic E-state index is 0. The van der Waals surface area contributed by atoms with Crippen LogP contribution in [0, 0.1) is 19.8 Å². The molecule has 1 atom stereocenters. The van der Waals surface area contributed by atoms with Gasteiger partial charge in [-0.3, -0.25) is 9.48 Å². The van der Waals surface area contributed by atoms with Gasteiger partial charge in [-0.05, 0) is 46.2 Å². The summed E-state index contributed by atoms with van der Waals surface area (Å²) in [6.07, 6.45) is 2.26. The van der Waals surface area contributed by atoms with E-state index in [1.165, 1.54) is 6.42 Å². The van der Waals surface area contributed by atoms with E-state index >= 15 is 0 Å². The maximum atomic E-state index is 12.3. The summed E-state index contributed by atoms with van der Waals surface area (Å²) in [5, 5.41) is 7.49. The van der Waals surface area contributed by atoms with Crippen molar-refractivity contribution in [1.82, 2.24) is 20.0 Å². The van der Waals surface area contributed by atoms with Crippen LogP contribution in [0.5, 0.6) is 5.75 Å². The number of halogens is 1. The van der Waals surface area contributed by atoms with Crippen molar-refractivity contribution in [2.45, 2.75) is 26.7 Å². The second kappa shape index (κ2) is 8.39. The molecule has 1 aliphatic heterocycles. The van der Waals surface area contributed by atoms with Gasteiger partial charge in [0.15, 0.2) is 12.4 Å². The second-order valence-corrected chi connectivity index (χ2v) is 5.82. The fourth-order valence-corrected chi connectivity index (χ4v) is 2.94. The Bertz CT molecular complexity index is 502. The average Bonchev–Trinajstić information content (AvgIpc) is 2.70. The quantitative estimate of drug-likeness (QED) is 0.884. The van der Waals surface area contributed by atoms with Crippen molar-refractivity contribution in [1.29, 1.82) is 0 Å². The molecule has 2 rings (SSSR count). The third kappa shape index (κ3) is 4.36. The molecule has 0 saturated carbocycles. The van der Waals surface area contributed by atoms with E-state index in [1.54, 1.807) is 4.68 Å². The number of aromatic nitrogens is 2. The molecule has 1 fully saturated rings. The topological polar surface area (TPSA) is 59.4 Å². The maximum absolute atomic E-state index is 12.3. The van der Waals surface area contributed by atoms with E-state index in [1.807, 2.05) is 32.8 Å². The highest BCUT2D eigenvalue weighted by molar-refractivity contribution is 5.85. The summed E-state index contributed by atoms with van der Waals surface area (Å²) >= 11 is 0. The number of likely N-dealkylation sites (tertiary alicyclic amines) is 1. The molecule has 0 spiro atoms. The van der Waals surface area contributed by atoms with Crippen molar-refractivity contribution < 1.29 is 9.53 Å². The molecule has 0 aliphatic carbocycles. The highest BCUT2D eigenvalue weighted by Crippen LogP contribution is 2.22. The van der Waals surface area contributed by atoms with Crippen molar-refractivity contribution in [3.63, 3.8) is 0 Å². The van der Waals surface area contributed by atoms with Gasteiger partial charge in [-0.15, -0.1) is 12.4 Å². The summed E-state index contributed by atoms with van der Waals surface area (Å²) < 4.78 is 7.49. The van der Waals surface area contributed by atoms with E-state index in [9.17, 15) is 4.79 Å². The van der Waals surface area contributed by atoms with Gasteiger partial charge >= 0.3 is 0 Å². The van der Waals surface area contributed by atoms with E-state index < -0.39 is 0 Å². The summed E-state index contributed by atoms with van der Waals surface area (Å²) in [4.78, 5) is 14.2. The molecular formula is C15H27ClN4O2. The van der Waals surface area contributed by atoms with Crippen LogP contribution in [0.4, 0.5) is 0 Å². The summed E-state index contributed by atoms with van der Waals surface area (Å²) in [6, 6.07) is 0. The first-order valence-electron chi connectivity index (χ1n) is 7.58. The van der Waals surface area contributed by atoms with Crippen molar-refractivity contribution in [2.75, 3.05) is 33.3 Å². The normalized spacial score (nSPS) is 18.0. The molecule has 1 aromatic heterocycles. The number of piperidine rings is 1. The lowest BCUT2D eigenvalue weighted by Crippen LogP contribution is -2.44. The van der Waals surface area contributed by atoms with Crippen LogP contribution >= 0.6 is 12.4 Å². The lowest BCUT2D eigenvalue weighted by atomic mass is 9.98. The molecule has 0 aromatic carbocycles. The number of ether oxygens (including phenoxy) is 1. The predicted molar refractivity (Wildman–Crippen MR) is 88.7 cm³/mol. The van der Waals surface area contributed by atoms with Gasteiger partial charge in [0.1, 0.15) is 5.69 Å². The average molecular weight is 331 g/mol. The summed E-state index contributed by atoms with van der Waals surface area (Å²) in [5.41, 5.74) is 1.78. The van der Waals surface area contributed by atoms with E-state index in [0.29, 0.717) is 5.92 Å². The van der Waals surface area contributed by atoms with Crippen molar-refractivity contribution >= 4 is 18.3 Å². The highest BCUT2D eigenvalue weighted by Gasteiger charge is 2.24. The first-order valence-corrected chi connectivity index (χ1v) is 7.58. The van der Waals surface area contributed by atoms with Gasteiger partial charge in [0.05, 0.1) is 5.69 Å². The lowest BCUT2D eigenvalue weighted by molar-refractivity contribution is -0.135. The third-order valence-corrected chi connectivity index (χ3v) is 4.15. The van der Waals surface area contributed by atoms with Crippen LogP contribution in [0.15, 0.2) is 0 Å². The number of rotatable bonds is 5. The number of carbonyl (C=O) groups excluding carboxylic acids is 1. The Morgan fingerprint density at radius 2 is 2.18 bits per heavy atom. The smallest absolute Gasteiger partial charge is 0.260 e. The van der Waals surface area contributed by atoms with E-state index in [4.69, 9.17) is 4.74 Å². The Labute approximate surface area is 138 Å².